The van der Waals surface area contributed by atoms with Crippen LogP contribution in [0.5, 0.6) is 11.5 Å². The van der Waals surface area contributed by atoms with Gasteiger partial charge in [0.05, 0.1) is 49.7 Å². The average molecular weight is 611 g/mol. The molecule has 8 N–H and O–H groups in total. The van der Waals surface area contributed by atoms with E-state index in [9.17, 15) is 35.7 Å². The van der Waals surface area contributed by atoms with Gasteiger partial charge in [0.15, 0.2) is 5.60 Å². The fourth-order valence-electron chi connectivity index (χ4n) is 3.30. The lowest BCUT2D eigenvalue weighted by Gasteiger charge is -2.35. The fourth-order valence-corrected chi connectivity index (χ4v) is 3.75. The molecule has 14 heteroatoms. The van der Waals surface area contributed by atoms with E-state index >= 15 is 0 Å². The molecular formula is C26H36Cl2O12. The van der Waals surface area contributed by atoms with Crippen LogP contribution in [0.2, 0.25) is 10.0 Å². The zero-order valence-corrected chi connectivity index (χ0v) is 23.5. The third kappa shape index (κ3) is 8.86. The highest BCUT2D eigenvalue weighted by atomic mass is 35.5. The van der Waals surface area contributed by atoms with Crippen molar-refractivity contribution in [2.24, 2.45) is 0 Å². The monoisotopic (exact) mass is 610 g/mol. The van der Waals surface area contributed by atoms with E-state index in [1.165, 1.54) is 26.0 Å². The minimum absolute atomic E-state index is 0.0818. The third-order valence-corrected chi connectivity index (χ3v) is 6.49. The molecule has 0 radical (unpaired) electrons. The summed E-state index contributed by atoms with van der Waals surface area (Å²) in [6.45, 7) is -0.778. The van der Waals surface area contributed by atoms with Gasteiger partial charge < -0.3 is 59.8 Å². The maximum absolute atomic E-state index is 10.6. The van der Waals surface area contributed by atoms with Crippen molar-refractivity contribution in [3.05, 3.63) is 46.4 Å². The summed E-state index contributed by atoms with van der Waals surface area (Å²) < 4.78 is 22.1. The van der Waals surface area contributed by atoms with E-state index in [-0.39, 0.29) is 34.8 Å². The van der Waals surface area contributed by atoms with Crippen molar-refractivity contribution in [3.8, 4) is 22.6 Å². The van der Waals surface area contributed by atoms with Crippen LogP contribution in [-0.4, -0.2) is 116 Å². The molecule has 0 aliphatic carbocycles. The molecule has 0 aliphatic heterocycles. The van der Waals surface area contributed by atoms with Gasteiger partial charge in [-0.3, -0.25) is 0 Å². The van der Waals surface area contributed by atoms with Crippen LogP contribution in [0.15, 0.2) is 36.4 Å². The van der Waals surface area contributed by atoms with E-state index in [0.29, 0.717) is 11.1 Å². The second kappa shape index (κ2) is 15.4. The molecule has 5 unspecified atom stereocenters. The van der Waals surface area contributed by atoms with E-state index in [4.69, 9.17) is 47.3 Å². The predicted molar refractivity (Wildman–Crippen MR) is 144 cm³/mol. The Kier molecular flexibility index (Phi) is 13.3. The Morgan fingerprint density at radius 1 is 0.775 bits per heavy atom. The van der Waals surface area contributed by atoms with Crippen LogP contribution in [0.25, 0.3) is 11.1 Å². The molecule has 0 heterocycles. The van der Waals surface area contributed by atoms with Crippen molar-refractivity contribution in [3.63, 3.8) is 0 Å². The smallest absolute Gasteiger partial charge is 0.231 e. The Hall–Kier alpha value is -1.78. The zero-order chi connectivity index (χ0) is 30.1. The molecule has 12 nitrogen and oxygen atoms in total. The second-order valence-electron chi connectivity index (χ2n) is 9.35. The van der Waals surface area contributed by atoms with Gasteiger partial charge in [-0.05, 0) is 49.2 Å². The lowest BCUT2D eigenvalue weighted by Crippen LogP contribution is -2.55. The average Bonchev–Trinajstić information content (AvgIpc) is 2.93. The number of hydrogen-bond donors (Lipinski definition) is 8. The number of hydrogen-bond acceptors (Lipinski definition) is 12. The number of halogens is 2. The van der Waals surface area contributed by atoms with Gasteiger partial charge in [-0.2, -0.15) is 0 Å². The standard InChI is InChI=1S/C26H36Cl2O12/c1-25(35,14-33)23(38-17(11-30)12-31)39-20-5-3-15(9-18(20)27)16-4-6-21(19(28)10-16)40-24(37-8-7-29)26(2,36)22(34)13-32/h3-6,9-10,17,22-24,29-36H,7-8,11-14H2,1-2H3. The molecule has 2 aromatic rings. The SMILES string of the molecule is CC(O)(CO)C(Oc1ccc(-c2ccc(OC(OCCO)C(C)(O)C(O)CO)c(Cl)c2)cc1Cl)OC(CO)CO. The lowest BCUT2D eigenvalue weighted by molar-refractivity contribution is -0.232. The molecule has 0 saturated heterocycles. The summed E-state index contributed by atoms with van der Waals surface area (Å²) in [5.41, 5.74) is -2.76. The molecular weight excluding hydrogens is 575 g/mol. The molecule has 0 amide bonds. The summed E-state index contributed by atoms with van der Waals surface area (Å²) in [6, 6.07) is 9.31. The van der Waals surface area contributed by atoms with Gasteiger partial charge in [0.2, 0.25) is 12.6 Å². The van der Waals surface area contributed by atoms with Gasteiger partial charge in [0.25, 0.3) is 0 Å². The Morgan fingerprint density at radius 2 is 1.27 bits per heavy atom. The fraction of sp³-hybridized carbons (Fsp3) is 0.538. The van der Waals surface area contributed by atoms with Crippen LogP contribution in [0.4, 0.5) is 0 Å². The maximum atomic E-state index is 10.6. The summed E-state index contributed by atoms with van der Waals surface area (Å²) in [5.74, 6) is 0.164. The Balaban J connectivity index is 2.29. The Bertz CT molecular complexity index is 1010. The number of benzene rings is 2. The minimum Gasteiger partial charge on any atom is -0.460 e. The van der Waals surface area contributed by atoms with Gasteiger partial charge in [-0.1, -0.05) is 35.3 Å². The van der Waals surface area contributed by atoms with Crippen molar-refractivity contribution in [2.75, 3.05) is 39.6 Å². The van der Waals surface area contributed by atoms with Crippen LogP contribution >= 0.6 is 23.2 Å². The van der Waals surface area contributed by atoms with Crippen molar-refractivity contribution in [1.29, 1.82) is 0 Å². The molecule has 40 heavy (non-hydrogen) atoms. The molecule has 5 atom stereocenters. The predicted octanol–water partition coefficient (Wildman–Crippen LogP) is 0.296. The van der Waals surface area contributed by atoms with Gasteiger partial charge in [-0.25, -0.2) is 0 Å². The topological polar surface area (TPSA) is 199 Å². The first-order chi connectivity index (χ1) is 18.8. The van der Waals surface area contributed by atoms with E-state index in [1.807, 2.05) is 0 Å². The minimum atomic E-state index is -2.05. The Labute approximate surface area is 241 Å². The van der Waals surface area contributed by atoms with Gasteiger partial charge in [0.1, 0.15) is 29.3 Å². The van der Waals surface area contributed by atoms with Crippen LogP contribution in [0.1, 0.15) is 13.8 Å². The Morgan fingerprint density at radius 3 is 1.68 bits per heavy atom. The molecule has 0 fully saturated rings. The summed E-state index contributed by atoms with van der Waals surface area (Å²) in [4.78, 5) is 0. The second-order valence-corrected chi connectivity index (χ2v) is 10.2. The molecule has 0 bridgehead atoms. The maximum Gasteiger partial charge on any atom is 0.231 e. The van der Waals surface area contributed by atoms with Crippen LogP contribution in [0, 0.1) is 0 Å². The third-order valence-electron chi connectivity index (χ3n) is 5.90. The zero-order valence-electron chi connectivity index (χ0n) is 22.0. The van der Waals surface area contributed by atoms with Crippen molar-refractivity contribution >= 4 is 23.2 Å². The van der Waals surface area contributed by atoms with Crippen LogP contribution in [-0.2, 0) is 9.47 Å². The van der Waals surface area contributed by atoms with Crippen LogP contribution < -0.4 is 9.47 Å². The summed E-state index contributed by atoms with van der Waals surface area (Å²) in [7, 11) is 0. The van der Waals surface area contributed by atoms with Gasteiger partial charge in [0, 0.05) is 0 Å². The highest BCUT2D eigenvalue weighted by Gasteiger charge is 2.42. The number of aliphatic hydroxyl groups excluding tert-OH is 6. The van der Waals surface area contributed by atoms with Crippen molar-refractivity contribution in [2.45, 2.75) is 49.8 Å². The summed E-state index contributed by atoms with van der Waals surface area (Å²) in [5, 5.41) is 77.9. The van der Waals surface area contributed by atoms with Gasteiger partial charge >= 0.3 is 0 Å². The summed E-state index contributed by atoms with van der Waals surface area (Å²) >= 11 is 12.8. The molecule has 0 aromatic heterocycles. The lowest BCUT2D eigenvalue weighted by atomic mass is 9.99. The van der Waals surface area contributed by atoms with E-state index in [1.54, 1.807) is 24.3 Å². The first kappa shape index (κ1) is 34.4. The molecule has 0 spiro atoms. The van der Waals surface area contributed by atoms with Crippen molar-refractivity contribution in [1.82, 2.24) is 0 Å². The molecule has 2 aromatic carbocycles. The first-order valence-electron chi connectivity index (χ1n) is 12.2. The van der Waals surface area contributed by atoms with Crippen molar-refractivity contribution < 1.29 is 59.8 Å². The quantitative estimate of drug-likeness (QED) is 0.114. The molecule has 226 valence electrons. The number of ether oxygens (including phenoxy) is 4. The number of aliphatic hydroxyl groups is 8. The molecule has 2 rings (SSSR count). The first-order valence-corrected chi connectivity index (χ1v) is 13.0. The van der Waals surface area contributed by atoms with E-state index in [0.717, 1.165) is 0 Å². The van der Waals surface area contributed by atoms with E-state index < -0.39 is 62.4 Å². The molecule has 0 aliphatic rings. The summed E-state index contributed by atoms with van der Waals surface area (Å²) in [6.07, 6.45) is -5.66. The van der Waals surface area contributed by atoms with E-state index in [2.05, 4.69) is 0 Å². The number of rotatable bonds is 17. The largest absolute Gasteiger partial charge is 0.460 e. The van der Waals surface area contributed by atoms with Crippen LogP contribution in [0.3, 0.4) is 0 Å². The van der Waals surface area contributed by atoms with Gasteiger partial charge in [-0.15, -0.1) is 0 Å². The highest BCUT2D eigenvalue weighted by molar-refractivity contribution is 6.33. The molecule has 0 saturated carbocycles. The highest BCUT2D eigenvalue weighted by Crippen LogP contribution is 2.36. The normalized spacial score (nSPS) is 17.1.